The lowest BCUT2D eigenvalue weighted by molar-refractivity contribution is 0.102. The predicted molar refractivity (Wildman–Crippen MR) is 73.7 cm³/mol. The molecule has 3 nitrogen and oxygen atoms in total. The second kappa shape index (κ2) is 4.98. The lowest BCUT2D eigenvalue weighted by Crippen LogP contribution is -2.11. The van der Waals surface area contributed by atoms with E-state index in [9.17, 15) is 4.79 Å². The number of nitrogens with one attached hydrogen (secondary N) is 1. The summed E-state index contributed by atoms with van der Waals surface area (Å²) >= 11 is 4.83. The molecule has 0 aliphatic rings. The normalized spacial score (nSPS) is 10.3. The molecule has 0 aliphatic heterocycles. The zero-order valence-electron chi connectivity index (χ0n) is 9.45. The van der Waals surface area contributed by atoms with Crippen molar-refractivity contribution in [3.8, 4) is 0 Å². The molecule has 0 atom stereocenters. The summed E-state index contributed by atoms with van der Waals surface area (Å²) in [5.41, 5.74) is 2.59. The van der Waals surface area contributed by atoms with Gasteiger partial charge < -0.3 is 0 Å². The molecule has 1 aromatic carbocycles. The molecule has 2 aromatic rings. The van der Waals surface area contributed by atoms with Crippen LogP contribution in [0.4, 0.5) is 5.13 Å². The van der Waals surface area contributed by atoms with Crippen molar-refractivity contribution < 1.29 is 4.79 Å². The summed E-state index contributed by atoms with van der Waals surface area (Å²) in [6.45, 7) is 3.85. The van der Waals surface area contributed by atoms with Crippen LogP contribution in [0.15, 0.2) is 28.1 Å². The Bertz CT molecular complexity index is 565. The summed E-state index contributed by atoms with van der Waals surface area (Å²) in [4.78, 5) is 16.1. The predicted octanol–water partition coefficient (Wildman–Crippen LogP) is 3.77. The fourth-order valence-corrected chi connectivity index (χ4v) is 2.30. The Morgan fingerprint density at radius 1 is 1.41 bits per heavy atom. The molecule has 17 heavy (non-hydrogen) atoms. The van der Waals surface area contributed by atoms with E-state index in [4.69, 9.17) is 0 Å². The first kappa shape index (κ1) is 12.3. The first-order valence-corrected chi connectivity index (χ1v) is 6.73. The lowest BCUT2D eigenvalue weighted by atomic mass is 10.1. The van der Waals surface area contributed by atoms with Crippen LogP contribution in [0.3, 0.4) is 0 Å². The molecule has 88 valence electrons. The largest absolute Gasteiger partial charge is 0.298 e. The zero-order valence-corrected chi connectivity index (χ0v) is 11.9. The number of amides is 1. The molecule has 0 bridgehead atoms. The van der Waals surface area contributed by atoms with Crippen molar-refractivity contribution in [3.05, 3.63) is 44.9 Å². The summed E-state index contributed by atoms with van der Waals surface area (Å²) in [5.74, 6) is -0.130. The summed E-state index contributed by atoms with van der Waals surface area (Å²) in [6, 6.07) is 5.50. The summed E-state index contributed by atoms with van der Waals surface area (Å²) in [7, 11) is 0. The lowest BCUT2D eigenvalue weighted by Gasteiger charge is -2.04. The number of carbonyl (C=O) groups is 1. The van der Waals surface area contributed by atoms with Crippen molar-refractivity contribution in [3.63, 3.8) is 0 Å². The average molecular weight is 311 g/mol. The number of nitrogens with zero attached hydrogens (tertiary/aromatic N) is 1. The molecule has 0 saturated heterocycles. The van der Waals surface area contributed by atoms with Crippen LogP contribution in [0, 0.1) is 13.8 Å². The molecule has 1 N–H and O–H groups in total. The molecule has 0 aliphatic carbocycles. The Kier molecular flexibility index (Phi) is 3.59. The number of thiazole rings is 1. The second-order valence-electron chi connectivity index (χ2n) is 3.71. The van der Waals surface area contributed by atoms with Crippen molar-refractivity contribution in [2.45, 2.75) is 13.8 Å². The van der Waals surface area contributed by atoms with Crippen molar-refractivity contribution >= 4 is 38.3 Å². The molecule has 0 saturated carbocycles. The summed E-state index contributed by atoms with van der Waals surface area (Å²) < 4.78 is 0.999. The highest BCUT2D eigenvalue weighted by Crippen LogP contribution is 2.19. The van der Waals surface area contributed by atoms with Gasteiger partial charge in [0, 0.05) is 15.4 Å². The molecule has 0 unspecified atom stereocenters. The first-order valence-electron chi connectivity index (χ1n) is 5.06. The van der Waals surface area contributed by atoms with E-state index < -0.39 is 0 Å². The maximum absolute atomic E-state index is 11.9. The van der Waals surface area contributed by atoms with Gasteiger partial charge in [0.05, 0.1) is 5.69 Å². The van der Waals surface area contributed by atoms with E-state index in [0.29, 0.717) is 10.7 Å². The standard InChI is InChI=1S/C12H11BrN2OS/c1-7-5-9(3-4-10(7)13)11(16)15-12-14-8(2)6-17-12/h3-6H,1-2H3,(H,14,15,16). The highest BCUT2D eigenvalue weighted by atomic mass is 79.9. The van der Waals surface area contributed by atoms with Gasteiger partial charge in [-0.15, -0.1) is 11.3 Å². The maximum Gasteiger partial charge on any atom is 0.257 e. The molecule has 0 radical (unpaired) electrons. The SMILES string of the molecule is Cc1csc(NC(=O)c2ccc(Br)c(C)c2)n1. The smallest absolute Gasteiger partial charge is 0.257 e. The number of halogens is 1. The fraction of sp³-hybridized carbons (Fsp3) is 0.167. The molecule has 1 amide bonds. The van der Waals surface area contributed by atoms with Gasteiger partial charge in [-0.3, -0.25) is 10.1 Å². The number of aromatic nitrogens is 1. The summed E-state index contributed by atoms with van der Waals surface area (Å²) in [6.07, 6.45) is 0. The molecule has 5 heteroatoms. The Morgan fingerprint density at radius 2 is 2.18 bits per heavy atom. The Labute approximate surface area is 112 Å². The van der Waals surface area contributed by atoms with Crippen LogP contribution < -0.4 is 5.32 Å². The van der Waals surface area contributed by atoms with Gasteiger partial charge in [0.15, 0.2) is 5.13 Å². The van der Waals surface area contributed by atoms with Crippen LogP contribution in [-0.2, 0) is 0 Å². The minimum atomic E-state index is -0.130. The molecule has 0 spiro atoms. The van der Waals surface area contributed by atoms with Crippen LogP contribution in [0.25, 0.3) is 0 Å². The van der Waals surface area contributed by atoms with Gasteiger partial charge in [-0.05, 0) is 37.6 Å². The van der Waals surface area contributed by atoms with Crippen LogP contribution >= 0.6 is 27.3 Å². The maximum atomic E-state index is 11.9. The van der Waals surface area contributed by atoms with E-state index in [-0.39, 0.29) is 5.91 Å². The van der Waals surface area contributed by atoms with Gasteiger partial charge in [0.2, 0.25) is 0 Å². The van der Waals surface area contributed by atoms with Crippen LogP contribution in [-0.4, -0.2) is 10.9 Å². The third-order valence-corrected chi connectivity index (χ3v) is 4.02. The quantitative estimate of drug-likeness (QED) is 0.917. The van der Waals surface area contributed by atoms with Gasteiger partial charge in [0.1, 0.15) is 0 Å². The Balaban J connectivity index is 2.17. The number of benzene rings is 1. The minimum absolute atomic E-state index is 0.130. The number of rotatable bonds is 2. The van der Waals surface area contributed by atoms with Crippen molar-refractivity contribution in [1.82, 2.24) is 4.98 Å². The number of aryl methyl sites for hydroxylation is 2. The number of anilines is 1. The van der Waals surface area contributed by atoms with E-state index in [1.54, 1.807) is 6.07 Å². The third kappa shape index (κ3) is 2.92. The van der Waals surface area contributed by atoms with E-state index in [0.717, 1.165) is 15.7 Å². The topological polar surface area (TPSA) is 42.0 Å². The molecule has 1 aromatic heterocycles. The van der Waals surface area contributed by atoms with Gasteiger partial charge in [-0.25, -0.2) is 4.98 Å². The van der Waals surface area contributed by atoms with E-state index >= 15 is 0 Å². The van der Waals surface area contributed by atoms with Crippen LogP contribution in [0.2, 0.25) is 0 Å². The van der Waals surface area contributed by atoms with Gasteiger partial charge >= 0.3 is 0 Å². The fourth-order valence-electron chi connectivity index (χ4n) is 1.37. The molecular weight excluding hydrogens is 300 g/mol. The summed E-state index contributed by atoms with van der Waals surface area (Å²) in [5, 5.41) is 5.32. The number of hydrogen-bond donors (Lipinski definition) is 1. The minimum Gasteiger partial charge on any atom is -0.298 e. The van der Waals surface area contributed by atoms with Crippen molar-refractivity contribution in [1.29, 1.82) is 0 Å². The van der Waals surface area contributed by atoms with Gasteiger partial charge in [-0.1, -0.05) is 15.9 Å². The van der Waals surface area contributed by atoms with E-state index in [2.05, 4.69) is 26.2 Å². The number of carbonyl (C=O) groups excluding carboxylic acids is 1. The van der Waals surface area contributed by atoms with Crippen molar-refractivity contribution in [2.24, 2.45) is 0 Å². The molecular formula is C12H11BrN2OS. The molecule has 2 rings (SSSR count). The molecule has 1 heterocycles. The monoisotopic (exact) mass is 310 g/mol. The zero-order chi connectivity index (χ0) is 12.4. The van der Waals surface area contributed by atoms with Crippen LogP contribution in [0.1, 0.15) is 21.6 Å². The average Bonchev–Trinajstić information content (AvgIpc) is 2.68. The van der Waals surface area contributed by atoms with Gasteiger partial charge in [0.25, 0.3) is 5.91 Å². The Morgan fingerprint density at radius 3 is 2.76 bits per heavy atom. The van der Waals surface area contributed by atoms with E-state index in [1.807, 2.05) is 31.4 Å². The highest BCUT2D eigenvalue weighted by Gasteiger charge is 2.09. The van der Waals surface area contributed by atoms with E-state index in [1.165, 1.54) is 11.3 Å². The molecule has 0 fully saturated rings. The Hall–Kier alpha value is -1.20. The first-order chi connectivity index (χ1) is 8.06. The second-order valence-corrected chi connectivity index (χ2v) is 5.42. The third-order valence-electron chi connectivity index (χ3n) is 2.26. The van der Waals surface area contributed by atoms with Crippen LogP contribution in [0.5, 0.6) is 0 Å². The highest BCUT2D eigenvalue weighted by molar-refractivity contribution is 9.10. The number of hydrogen-bond acceptors (Lipinski definition) is 3. The van der Waals surface area contributed by atoms with Gasteiger partial charge in [-0.2, -0.15) is 0 Å². The van der Waals surface area contributed by atoms with Crippen molar-refractivity contribution in [2.75, 3.05) is 5.32 Å².